The van der Waals surface area contributed by atoms with Gasteiger partial charge in [0.1, 0.15) is 0 Å². The van der Waals surface area contributed by atoms with Crippen LogP contribution < -0.4 is 5.32 Å². The summed E-state index contributed by atoms with van der Waals surface area (Å²) in [6, 6.07) is 4.66. The van der Waals surface area contributed by atoms with E-state index in [-0.39, 0.29) is 11.3 Å². The number of amides is 1. The summed E-state index contributed by atoms with van der Waals surface area (Å²) in [7, 11) is 0. The zero-order chi connectivity index (χ0) is 14.7. The van der Waals surface area contributed by atoms with Gasteiger partial charge in [0, 0.05) is 28.6 Å². The molecular weight excluding hydrogens is 333 g/mol. The predicted molar refractivity (Wildman–Crippen MR) is 72.9 cm³/mol. The maximum atomic E-state index is 13.2. The van der Waals surface area contributed by atoms with Crippen LogP contribution in [-0.4, -0.2) is 15.8 Å². The summed E-state index contributed by atoms with van der Waals surface area (Å²) < 4.78 is 13.8. The van der Waals surface area contributed by atoms with Crippen LogP contribution in [0, 0.1) is 15.9 Å². The van der Waals surface area contributed by atoms with Crippen molar-refractivity contribution < 1.29 is 14.1 Å². The van der Waals surface area contributed by atoms with Crippen molar-refractivity contribution >= 4 is 33.2 Å². The van der Waals surface area contributed by atoms with Crippen molar-refractivity contribution in [1.82, 2.24) is 4.98 Å². The standard InChI is InChI=1S/C12H7BrFN3O3/c13-8-3-7(5-15-6-8)12(18)16-9-1-2-10(14)11(4-9)17(19)20/h1-6H,(H,16,18). The predicted octanol–water partition coefficient (Wildman–Crippen LogP) is 3.14. The molecule has 0 bridgehead atoms. The summed E-state index contributed by atoms with van der Waals surface area (Å²) in [4.78, 5) is 25.5. The van der Waals surface area contributed by atoms with Gasteiger partial charge >= 0.3 is 5.69 Å². The van der Waals surface area contributed by atoms with Gasteiger partial charge in [0.25, 0.3) is 5.91 Å². The Morgan fingerprint density at radius 3 is 2.75 bits per heavy atom. The van der Waals surface area contributed by atoms with Crippen LogP contribution in [0.5, 0.6) is 0 Å². The largest absolute Gasteiger partial charge is 0.322 e. The van der Waals surface area contributed by atoms with Crippen LogP contribution in [-0.2, 0) is 0 Å². The van der Waals surface area contributed by atoms with E-state index in [4.69, 9.17) is 0 Å². The molecule has 6 nitrogen and oxygen atoms in total. The topological polar surface area (TPSA) is 85.1 Å². The number of pyridine rings is 1. The Balaban J connectivity index is 2.24. The van der Waals surface area contributed by atoms with Crippen LogP contribution in [0.3, 0.4) is 0 Å². The molecule has 1 heterocycles. The summed E-state index contributed by atoms with van der Waals surface area (Å²) in [5, 5.41) is 13.0. The number of carbonyl (C=O) groups excluding carboxylic acids is 1. The highest BCUT2D eigenvalue weighted by Crippen LogP contribution is 2.22. The number of nitrogens with one attached hydrogen (secondary N) is 1. The number of aromatic nitrogens is 1. The number of hydrogen-bond acceptors (Lipinski definition) is 4. The van der Waals surface area contributed by atoms with Gasteiger partial charge in [-0.3, -0.25) is 19.9 Å². The van der Waals surface area contributed by atoms with E-state index in [1.807, 2.05) is 0 Å². The van der Waals surface area contributed by atoms with Crippen molar-refractivity contribution in [3.8, 4) is 0 Å². The zero-order valence-corrected chi connectivity index (χ0v) is 11.4. The fourth-order valence-electron chi connectivity index (χ4n) is 1.47. The van der Waals surface area contributed by atoms with Crippen LogP contribution in [0.2, 0.25) is 0 Å². The van der Waals surface area contributed by atoms with E-state index in [1.54, 1.807) is 6.07 Å². The molecule has 0 radical (unpaired) electrons. The second-order valence-corrected chi connectivity index (χ2v) is 4.68. The molecule has 0 spiro atoms. The number of nitrogens with zero attached hydrogens (tertiary/aromatic N) is 2. The minimum absolute atomic E-state index is 0.128. The van der Waals surface area contributed by atoms with Gasteiger partial charge in [-0.25, -0.2) is 0 Å². The molecule has 2 aromatic rings. The second kappa shape index (κ2) is 5.74. The highest BCUT2D eigenvalue weighted by atomic mass is 79.9. The van der Waals surface area contributed by atoms with E-state index >= 15 is 0 Å². The normalized spacial score (nSPS) is 10.1. The lowest BCUT2D eigenvalue weighted by atomic mass is 10.2. The molecule has 0 unspecified atom stereocenters. The van der Waals surface area contributed by atoms with E-state index < -0.39 is 22.3 Å². The van der Waals surface area contributed by atoms with Crippen LogP contribution in [0.4, 0.5) is 15.8 Å². The molecule has 1 aromatic carbocycles. The van der Waals surface area contributed by atoms with Crippen molar-refractivity contribution in [1.29, 1.82) is 0 Å². The van der Waals surface area contributed by atoms with E-state index in [2.05, 4.69) is 26.2 Å². The molecular formula is C12H7BrFN3O3. The number of hydrogen-bond donors (Lipinski definition) is 1. The van der Waals surface area contributed by atoms with E-state index in [0.29, 0.717) is 4.47 Å². The molecule has 0 saturated heterocycles. The van der Waals surface area contributed by atoms with Crippen molar-refractivity contribution in [2.24, 2.45) is 0 Å². The van der Waals surface area contributed by atoms with Crippen molar-refractivity contribution in [3.63, 3.8) is 0 Å². The molecule has 0 aliphatic carbocycles. The lowest BCUT2D eigenvalue weighted by Crippen LogP contribution is -2.12. The van der Waals surface area contributed by atoms with Crippen LogP contribution in [0.1, 0.15) is 10.4 Å². The van der Waals surface area contributed by atoms with Gasteiger partial charge in [-0.2, -0.15) is 4.39 Å². The molecule has 0 atom stereocenters. The first-order valence-corrected chi connectivity index (χ1v) is 6.12. The molecule has 2 rings (SSSR count). The highest BCUT2D eigenvalue weighted by molar-refractivity contribution is 9.10. The number of nitro groups is 1. The molecule has 1 aromatic heterocycles. The number of carbonyl (C=O) groups is 1. The van der Waals surface area contributed by atoms with Gasteiger partial charge in [-0.15, -0.1) is 0 Å². The van der Waals surface area contributed by atoms with Crippen LogP contribution >= 0.6 is 15.9 Å². The van der Waals surface area contributed by atoms with Gasteiger partial charge in [0.05, 0.1) is 10.5 Å². The lowest BCUT2D eigenvalue weighted by Gasteiger charge is -2.05. The zero-order valence-electron chi connectivity index (χ0n) is 9.84. The maximum absolute atomic E-state index is 13.2. The monoisotopic (exact) mass is 339 g/mol. The molecule has 8 heteroatoms. The first kappa shape index (κ1) is 14.1. The number of benzene rings is 1. The Labute approximate surface area is 120 Å². The number of anilines is 1. The van der Waals surface area contributed by atoms with E-state index in [9.17, 15) is 19.3 Å². The van der Waals surface area contributed by atoms with Gasteiger partial charge < -0.3 is 5.32 Å². The molecule has 0 fully saturated rings. The Hall–Kier alpha value is -2.35. The maximum Gasteiger partial charge on any atom is 0.306 e. The van der Waals surface area contributed by atoms with E-state index in [0.717, 1.165) is 12.1 Å². The smallest absolute Gasteiger partial charge is 0.306 e. The number of rotatable bonds is 3. The highest BCUT2D eigenvalue weighted by Gasteiger charge is 2.15. The van der Waals surface area contributed by atoms with Gasteiger partial charge in [-0.1, -0.05) is 0 Å². The summed E-state index contributed by atoms with van der Waals surface area (Å²) >= 11 is 3.17. The molecule has 1 N–H and O–H groups in total. The van der Waals surface area contributed by atoms with E-state index in [1.165, 1.54) is 18.5 Å². The number of nitro benzene ring substituents is 1. The van der Waals surface area contributed by atoms with Crippen molar-refractivity contribution in [3.05, 3.63) is 62.6 Å². The Bertz CT molecular complexity index is 693. The van der Waals surface area contributed by atoms with Gasteiger partial charge in [0.2, 0.25) is 5.82 Å². The third-order valence-corrected chi connectivity index (χ3v) is 2.80. The van der Waals surface area contributed by atoms with Crippen LogP contribution in [0.25, 0.3) is 0 Å². The number of halogens is 2. The minimum atomic E-state index is -0.961. The van der Waals surface area contributed by atoms with Crippen molar-refractivity contribution in [2.45, 2.75) is 0 Å². The SMILES string of the molecule is O=C(Nc1ccc(F)c([N+](=O)[O-])c1)c1cncc(Br)c1. The molecule has 0 aliphatic heterocycles. The molecule has 102 valence electrons. The fourth-order valence-corrected chi connectivity index (χ4v) is 1.83. The molecule has 0 aliphatic rings. The fraction of sp³-hybridized carbons (Fsp3) is 0. The Morgan fingerprint density at radius 2 is 2.10 bits per heavy atom. The van der Waals surface area contributed by atoms with Crippen LogP contribution in [0.15, 0.2) is 41.1 Å². The first-order valence-electron chi connectivity index (χ1n) is 5.33. The average molecular weight is 340 g/mol. The van der Waals surface area contributed by atoms with Crippen molar-refractivity contribution in [2.75, 3.05) is 5.32 Å². The quantitative estimate of drug-likeness (QED) is 0.687. The first-order chi connectivity index (χ1) is 9.47. The molecule has 20 heavy (non-hydrogen) atoms. The molecule has 1 amide bonds. The Morgan fingerprint density at radius 1 is 1.35 bits per heavy atom. The summed E-state index contributed by atoms with van der Waals surface area (Å²) in [6.45, 7) is 0. The average Bonchev–Trinajstić information content (AvgIpc) is 2.40. The molecule has 0 saturated carbocycles. The summed E-state index contributed by atoms with van der Waals surface area (Å²) in [6.07, 6.45) is 2.86. The Kier molecular flexibility index (Phi) is 4.04. The third-order valence-electron chi connectivity index (χ3n) is 2.37. The summed E-state index contributed by atoms with van der Waals surface area (Å²) in [5.41, 5.74) is -0.301. The van der Waals surface area contributed by atoms with Gasteiger partial charge in [0.15, 0.2) is 0 Å². The summed E-state index contributed by atoms with van der Waals surface area (Å²) in [5.74, 6) is -1.46. The lowest BCUT2D eigenvalue weighted by molar-refractivity contribution is -0.387. The van der Waals surface area contributed by atoms with Gasteiger partial charge in [-0.05, 0) is 34.1 Å². The minimum Gasteiger partial charge on any atom is -0.322 e. The third kappa shape index (κ3) is 3.15. The second-order valence-electron chi connectivity index (χ2n) is 3.77.